The molecule has 0 amide bonds. The molecule has 0 aliphatic carbocycles. The Balaban J connectivity index is 2.53. The zero-order valence-corrected chi connectivity index (χ0v) is 9.31. The van der Waals surface area contributed by atoms with Gasteiger partial charge in [-0.2, -0.15) is 0 Å². The van der Waals surface area contributed by atoms with Gasteiger partial charge in [0.2, 0.25) is 0 Å². The summed E-state index contributed by atoms with van der Waals surface area (Å²) >= 11 is 0. The Hall–Kier alpha value is -0.650. The standard InChI is InChI=1S/C10H19NO4/c1-3-8(12)6-11-4-5-15-7-9(11)10(13)14-2/h8-9,12H,3-7H2,1-2H3. The Kier molecular flexibility index (Phi) is 5.01. The molecule has 1 aliphatic heterocycles. The first-order valence-electron chi connectivity index (χ1n) is 5.26. The van der Waals surface area contributed by atoms with E-state index in [0.717, 1.165) is 0 Å². The van der Waals surface area contributed by atoms with Crippen molar-refractivity contribution in [3.63, 3.8) is 0 Å². The van der Waals surface area contributed by atoms with Gasteiger partial charge < -0.3 is 14.6 Å². The number of rotatable bonds is 4. The fourth-order valence-corrected chi connectivity index (χ4v) is 1.61. The van der Waals surface area contributed by atoms with E-state index in [9.17, 15) is 9.90 Å². The van der Waals surface area contributed by atoms with Crippen molar-refractivity contribution < 1.29 is 19.4 Å². The lowest BCUT2D eigenvalue weighted by Crippen LogP contribution is -2.52. The van der Waals surface area contributed by atoms with Crippen molar-refractivity contribution in [3.05, 3.63) is 0 Å². The summed E-state index contributed by atoms with van der Waals surface area (Å²) in [6.45, 7) is 4.03. The van der Waals surface area contributed by atoms with Crippen LogP contribution in [0, 0.1) is 0 Å². The van der Waals surface area contributed by atoms with Crippen molar-refractivity contribution in [3.8, 4) is 0 Å². The molecule has 88 valence electrons. The Morgan fingerprint density at radius 3 is 3.07 bits per heavy atom. The Morgan fingerprint density at radius 2 is 2.47 bits per heavy atom. The van der Waals surface area contributed by atoms with Gasteiger partial charge in [0.05, 0.1) is 26.4 Å². The molecule has 1 rings (SSSR count). The average molecular weight is 217 g/mol. The molecule has 2 atom stereocenters. The number of morpholine rings is 1. The van der Waals surface area contributed by atoms with Crippen molar-refractivity contribution in [1.29, 1.82) is 0 Å². The Morgan fingerprint density at radius 1 is 1.73 bits per heavy atom. The third-order valence-corrected chi connectivity index (χ3v) is 2.63. The molecule has 5 heteroatoms. The van der Waals surface area contributed by atoms with Gasteiger partial charge in [-0.15, -0.1) is 0 Å². The smallest absolute Gasteiger partial charge is 0.325 e. The van der Waals surface area contributed by atoms with E-state index in [1.54, 1.807) is 0 Å². The van der Waals surface area contributed by atoms with Gasteiger partial charge in [0.15, 0.2) is 0 Å². The van der Waals surface area contributed by atoms with Crippen molar-refractivity contribution in [1.82, 2.24) is 4.90 Å². The summed E-state index contributed by atoms with van der Waals surface area (Å²) in [5.74, 6) is -0.294. The van der Waals surface area contributed by atoms with Crippen LogP contribution >= 0.6 is 0 Å². The van der Waals surface area contributed by atoms with E-state index in [2.05, 4.69) is 0 Å². The molecular weight excluding hydrogens is 198 g/mol. The maximum atomic E-state index is 11.4. The van der Waals surface area contributed by atoms with E-state index < -0.39 is 6.10 Å². The highest BCUT2D eigenvalue weighted by Gasteiger charge is 2.30. The maximum Gasteiger partial charge on any atom is 0.325 e. The molecule has 1 N–H and O–H groups in total. The van der Waals surface area contributed by atoms with Crippen LogP contribution in [0.2, 0.25) is 0 Å². The van der Waals surface area contributed by atoms with Crippen LogP contribution in [-0.4, -0.2) is 61.5 Å². The zero-order chi connectivity index (χ0) is 11.3. The number of aliphatic hydroxyl groups excluding tert-OH is 1. The van der Waals surface area contributed by atoms with Gasteiger partial charge in [-0.1, -0.05) is 6.92 Å². The van der Waals surface area contributed by atoms with Gasteiger partial charge in [0.1, 0.15) is 6.04 Å². The molecular formula is C10H19NO4. The lowest BCUT2D eigenvalue weighted by Gasteiger charge is -2.34. The highest BCUT2D eigenvalue weighted by atomic mass is 16.5. The lowest BCUT2D eigenvalue weighted by atomic mass is 10.2. The molecule has 0 aromatic rings. The molecule has 1 heterocycles. The summed E-state index contributed by atoms with van der Waals surface area (Å²) < 4.78 is 9.92. The van der Waals surface area contributed by atoms with Crippen LogP contribution in [-0.2, 0) is 14.3 Å². The molecule has 0 aromatic heterocycles. The zero-order valence-electron chi connectivity index (χ0n) is 9.31. The predicted molar refractivity (Wildman–Crippen MR) is 54.5 cm³/mol. The second-order valence-electron chi connectivity index (χ2n) is 3.67. The number of carbonyl (C=O) groups is 1. The Bertz CT molecular complexity index is 210. The van der Waals surface area contributed by atoms with Crippen molar-refractivity contribution in [2.75, 3.05) is 33.4 Å². The molecule has 1 aliphatic rings. The largest absolute Gasteiger partial charge is 0.468 e. The molecule has 0 saturated carbocycles. The first-order chi connectivity index (χ1) is 7.19. The van der Waals surface area contributed by atoms with Crippen LogP contribution < -0.4 is 0 Å². The SMILES string of the molecule is CCC(O)CN1CCOCC1C(=O)OC. The average Bonchev–Trinajstić information content (AvgIpc) is 2.28. The number of methoxy groups -OCH3 is 1. The van der Waals surface area contributed by atoms with Crippen LogP contribution in [0.25, 0.3) is 0 Å². The van der Waals surface area contributed by atoms with Crippen LogP contribution in [0.15, 0.2) is 0 Å². The van der Waals surface area contributed by atoms with Gasteiger partial charge in [-0.3, -0.25) is 9.69 Å². The molecule has 2 unspecified atom stereocenters. The number of β-amino-alcohol motifs (C(OH)–C–C–N with tert-alkyl or cyclic N) is 1. The summed E-state index contributed by atoms with van der Waals surface area (Å²) in [6.07, 6.45) is 0.292. The molecule has 15 heavy (non-hydrogen) atoms. The minimum atomic E-state index is -0.393. The van der Waals surface area contributed by atoms with Gasteiger partial charge in [0, 0.05) is 13.1 Å². The molecule has 0 bridgehead atoms. The monoisotopic (exact) mass is 217 g/mol. The molecule has 0 radical (unpaired) electrons. The van der Waals surface area contributed by atoms with Crippen LogP contribution in [0.4, 0.5) is 0 Å². The van der Waals surface area contributed by atoms with Crippen molar-refractivity contribution in [2.45, 2.75) is 25.5 Å². The molecule has 0 aromatic carbocycles. The number of ether oxygens (including phenoxy) is 2. The van der Waals surface area contributed by atoms with Crippen LogP contribution in [0.5, 0.6) is 0 Å². The first kappa shape index (κ1) is 12.4. The predicted octanol–water partition coefficient (Wildman–Crippen LogP) is -0.369. The summed E-state index contributed by atoms with van der Waals surface area (Å²) in [4.78, 5) is 13.3. The van der Waals surface area contributed by atoms with E-state index in [0.29, 0.717) is 32.7 Å². The number of aliphatic hydroxyl groups is 1. The number of esters is 1. The topological polar surface area (TPSA) is 59.0 Å². The van der Waals surface area contributed by atoms with Gasteiger partial charge in [-0.25, -0.2) is 0 Å². The number of hydrogen-bond donors (Lipinski definition) is 1. The fraction of sp³-hybridized carbons (Fsp3) is 0.900. The van der Waals surface area contributed by atoms with Crippen molar-refractivity contribution in [2.24, 2.45) is 0 Å². The molecule has 5 nitrogen and oxygen atoms in total. The van der Waals surface area contributed by atoms with E-state index >= 15 is 0 Å². The third kappa shape index (κ3) is 3.44. The minimum absolute atomic E-state index is 0.294. The second-order valence-corrected chi connectivity index (χ2v) is 3.67. The summed E-state index contributed by atoms with van der Waals surface area (Å²) in [6, 6.07) is -0.370. The second kappa shape index (κ2) is 6.05. The highest BCUT2D eigenvalue weighted by molar-refractivity contribution is 5.75. The normalized spacial score (nSPS) is 24.9. The maximum absolute atomic E-state index is 11.4. The van der Waals surface area contributed by atoms with Gasteiger partial charge >= 0.3 is 5.97 Å². The van der Waals surface area contributed by atoms with E-state index in [1.807, 2.05) is 11.8 Å². The highest BCUT2D eigenvalue weighted by Crippen LogP contribution is 2.10. The quantitative estimate of drug-likeness (QED) is 0.651. The summed E-state index contributed by atoms with van der Waals surface area (Å²) in [7, 11) is 1.37. The van der Waals surface area contributed by atoms with Crippen molar-refractivity contribution >= 4 is 5.97 Å². The van der Waals surface area contributed by atoms with E-state index in [4.69, 9.17) is 9.47 Å². The molecule has 0 spiro atoms. The summed E-state index contributed by atoms with van der Waals surface area (Å²) in [5, 5.41) is 9.55. The van der Waals surface area contributed by atoms with E-state index in [-0.39, 0.29) is 12.0 Å². The Labute approximate surface area is 90.0 Å². The molecule has 1 fully saturated rings. The fourth-order valence-electron chi connectivity index (χ4n) is 1.61. The first-order valence-corrected chi connectivity index (χ1v) is 5.26. The third-order valence-electron chi connectivity index (χ3n) is 2.63. The van der Waals surface area contributed by atoms with E-state index in [1.165, 1.54) is 7.11 Å². The van der Waals surface area contributed by atoms with Crippen LogP contribution in [0.1, 0.15) is 13.3 Å². The summed E-state index contributed by atoms with van der Waals surface area (Å²) in [5.41, 5.74) is 0. The number of hydrogen-bond acceptors (Lipinski definition) is 5. The van der Waals surface area contributed by atoms with Crippen LogP contribution in [0.3, 0.4) is 0 Å². The number of nitrogens with zero attached hydrogens (tertiary/aromatic N) is 1. The van der Waals surface area contributed by atoms with Gasteiger partial charge in [0.25, 0.3) is 0 Å². The minimum Gasteiger partial charge on any atom is -0.468 e. The number of carbonyl (C=O) groups excluding carboxylic acids is 1. The molecule has 1 saturated heterocycles. The van der Waals surface area contributed by atoms with Gasteiger partial charge in [-0.05, 0) is 6.42 Å². The lowest BCUT2D eigenvalue weighted by molar-refractivity contribution is -0.154.